The van der Waals surface area contributed by atoms with Gasteiger partial charge in [0, 0.05) is 0 Å². The van der Waals surface area contributed by atoms with E-state index in [1.165, 1.54) is 0 Å². The van der Waals surface area contributed by atoms with Crippen molar-refractivity contribution in [2.45, 2.75) is 54.9 Å². The van der Waals surface area contributed by atoms with Crippen LogP contribution in [0.1, 0.15) is 0 Å². The number of aliphatic hydroxyl groups is 9. The summed E-state index contributed by atoms with van der Waals surface area (Å²) in [7, 11) is 0. The Kier molecular flexibility index (Phi) is 7.41. The first-order valence-corrected chi connectivity index (χ1v) is 6.84. The number of ketones is 1. The SMILES string of the molecule is O=C([C@H](O)[C@@H](O)[C@@H](O)[C@H](O)CO)[C@@H]1O[C@H](CO)[C@H](O)[C@H](O)[C@H]1O. The van der Waals surface area contributed by atoms with Crippen molar-refractivity contribution in [3.05, 3.63) is 0 Å². The molecule has 0 radical (unpaired) electrons. The molecule has 9 N–H and O–H groups in total. The van der Waals surface area contributed by atoms with E-state index in [0.717, 1.165) is 0 Å². The van der Waals surface area contributed by atoms with E-state index in [9.17, 15) is 40.5 Å². The Morgan fingerprint density at radius 3 is 1.96 bits per heavy atom. The zero-order valence-corrected chi connectivity index (χ0v) is 12.0. The van der Waals surface area contributed by atoms with E-state index in [1.807, 2.05) is 0 Å². The number of Topliss-reactive ketones (excluding diaryl/α,β-unsaturated/α-hetero) is 1. The molecule has 0 amide bonds. The molecule has 11 heteroatoms. The molecule has 11 nitrogen and oxygen atoms in total. The summed E-state index contributed by atoms with van der Waals surface area (Å²) < 4.78 is 4.91. The van der Waals surface area contributed by atoms with Crippen LogP contribution in [-0.2, 0) is 9.53 Å². The maximum absolute atomic E-state index is 12.1. The van der Waals surface area contributed by atoms with Crippen molar-refractivity contribution in [1.82, 2.24) is 0 Å². The van der Waals surface area contributed by atoms with E-state index >= 15 is 0 Å². The molecule has 9 atom stereocenters. The van der Waals surface area contributed by atoms with Crippen molar-refractivity contribution in [1.29, 1.82) is 0 Å². The molecule has 0 spiro atoms. The molecule has 0 aromatic rings. The first kappa shape index (κ1) is 20.3. The third-order valence-corrected chi connectivity index (χ3v) is 3.72. The summed E-state index contributed by atoms with van der Waals surface area (Å²) in [6.07, 6.45) is -17.2. The molecule has 1 rings (SSSR count). The fourth-order valence-corrected chi connectivity index (χ4v) is 2.20. The van der Waals surface area contributed by atoms with E-state index in [0.29, 0.717) is 0 Å². The highest BCUT2D eigenvalue weighted by Crippen LogP contribution is 2.23. The molecule has 23 heavy (non-hydrogen) atoms. The predicted octanol–water partition coefficient (Wildman–Crippen LogP) is -6.17. The van der Waals surface area contributed by atoms with Crippen LogP contribution in [0.5, 0.6) is 0 Å². The molecule has 1 saturated heterocycles. The van der Waals surface area contributed by atoms with E-state index in [1.54, 1.807) is 0 Å². The van der Waals surface area contributed by atoms with Gasteiger partial charge in [-0.2, -0.15) is 0 Å². The Hall–Kier alpha value is -0.730. The van der Waals surface area contributed by atoms with E-state index in [-0.39, 0.29) is 0 Å². The van der Waals surface area contributed by atoms with Crippen LogP contribution in [0.2, 0.25) is 0 Å². The molecular formula is C12H22O11. The summed E-state index contributed by atoms with van der Waals surface area (Å²) >= 11 is 0. The standard InChI is InChI=1S/C12H22O11/c13-1-3(15)5(16)7(18)9(20)11(22)12-10(21)8(19)6(17)4(2-14)23-12/h3-10,12-21H,1-2H2/t3-,4-,5+,6+,7+,8+,9-,10-,12-/m1/s1. The normalized spacial score (nSPS) is 37.0. The highest BCUT2D eigenvalue weighted by atomic mass is 16.5. The molecule has 1 fully saturated rings. The van der Waals surface area contributed by atoms with E-state index in [4.69, 9.17) is 14.9 Å². The number of hydrogen-bond donors (Lipinski definition) is 9. The third-order valence-electron chi connectivity index (χ3n) is 3.72. The van der Waals surface area contributed by atoms with Gasteiger partial charge in [0.2, 0.25) is 0 Å². The molecule has 0 bridgehead atoms. The van der Waals surface area contributed by atoms with Gasteiger partial charge in [-0.05, 0) is 0 Å². The molecule has 0 aliphatic carbocycles. The van der Waals surface area contributed by atoms with Gasteiger partial charge < -0.3 is 50.7 Å². The molecular weight excluding hydrogens is 320 g/mol. The lowest BCUT2D eigenvalue weighted by Crippen LogP contribution is -2.63. The highest BCUT2D eigenvalue weighted by molar-refractivity contribution is 5.88. The summed E-state index contributed by atoms with van der Waals surface area (Å²) in [6.45, 7) is -1.74. The van der Waals surface area contributed by atoms with E-state index in [2.05, 4.69) is 0 Å². The Morgan fingerprint density at radius 2 is 1.48 bits per heavy atom. The zero-order chi connectivity index (χ0) is 17.9. The van der Waals surface area contributed by atoms with Gasteiger partial charge in [-0.3, -0.25) is 4.79 Å². The van der Waals surface area contributed by atoms with Crippen molar-refractivity contribution in [3.63, 3.8) is 0 Å². The first-order chi connectivity index (χ1) is 10.7. The van der Waals surface area contributed by atoms with Gasteiger partial charge in [-0.15, -0.1) is 0 Å². The van der Waals surface area contributed by atoms with Crippen LogP contribution in [0.25, 0.3) is 0 Å². The highest BCUT2D eigenvalue weighted by Gasteiger charge is 2.49. The second kappa shape index (κ2) is 8.39. The molecule has 0 saturated carbocycles. The smallest absolute Gasteiger partial charge is 0.195 e. The van der Waals surface area contributed by atoms with Gasteiger partial charge >= 0.3 is 0 Å². The average Bonchev–Trinajstić information content (AvgIpc) is 2.56. The predicted molar refractivity (Wildman–Crippen MR) is 69.9 cm³/mol. The van der Waals surface area contributed by atoms with Crippen LogP contribution >= 0.6 is 0 Å². The number of hydrogen-bond acceptors (Lipinski definition) is 11. The van der Waals surface area contributed by atoms with Crippen LogP contribution in [0.15, 0.2) is 0 Å². The zero-order valence-electron chi connectivity index (χ0n) is 12.0. The minimum Gasteiger partial charge on any atom is -0.394 e. The molecule has 1 aliphatic heterocycles. The van der Waals surface area contributed by atoms with E-state index < -0.39 is 73.9 Å². The summed E-state index contributed by atoms with van der Waals surface area (Å²) in [5.74, 6) is -1.35. The average molecular weight is 342 g/mol. The summed E-state index contributed by atoms with van der Waals surface area (Å²) in [5, 5.41) is 84.5. The van der Waals surface area contributed by atoms with Crippen molar-refractivity contribution in [3.8, 4) is 0 Å². The molecule has 0 aromatic heterocycles. The topological polar surface area (TPSA) is 208 Å². The Balaban J connectivity index is 2.85. The van der Waals surface area contributed by atoms with Crippen LogP contribution in [0.3, 0.4) is 0 Å². The minimum atomic E-state index is -2.33. The number of rotatable bonds is 7. The molecule has 0 aromatic carbocycles. The third kappa shape index (κ3) is 4.22. The summed E-state index contributed by atoms with van der Waals surface area (Å²) in [4.78, 5) is 12.1. The van der Waals surface area contributed by atoms with Crippen LogP contribution < -0.4 is 0 Å². The number of carbonyl (C=O) groups is 1. The molecule has 0 unspecified atom stereocenters. The van der Waals surface area contributed by atoms with Crippen molar-refractivity contribution in [2.24, 2.45) is 0 Å². The molecule has 1 aliphatic rings. The lowest BCUT2D eigenvalue weighted by atomic mass is 9.89. The quantitative estimate of drug-likeness (QED) is 0.212. The second-order valence-corrected chi connectivity index (χ2v) is 5.33. The van der Waals surface area contributed by atoms with Crippen molar-refractivity contribution >= 4 is 5.78 Å². The fraction of sp³-hybridized carbons (Fsp3) is 0.917. The number of ether oxygens (including phenoxy) is 1. The maximum Gasteiger partial charge on any atom is 0.195 e. The van der Waals surface area contributed by atoms with Crippen molar-refractivity contribution < 1.29 is 55.5 Å². The van der Waals surface area contributed by atoms with Gasteiger partial charge in [0.25, 0.3) is 0 Å². The Bertz CT molecular complexity index is 389. The van der Waals surface area contributed by atoms with Crippen LogP contribution in [0.4, 0.5) is 0 Å². The second-order valence-electron chi connectivity index (χ2n) is 5.33. The summed E-state index contributed by atoms with van der Waals surface area (Å²) in [5.41, 5.74) is 0. The van der Waals surface area contributed by atoms with Gasteiger partial charge in [-0.25, -0.2) is 0 Å². The van der Waals surface area contributed by atoms with Crippen molar-refractivity contribution in [2.75, 3.05) is 13.2 Å². The lowest BCUT2D eigenvalue weighted by Gasteiger charge is -2.40. The van der Waals surface area contributed by atoms with Gasteiger partial charge in [-0.1, -0.05) is 0 Å². The largest absolute Gasteiger partial charge is 0.394 e. The van der Waals surface area contributed by atoms with Gasteiger partial charge in [0.05, 0.1) is 13.2 Å². The lowest BCUT2D eigenvalue weighted by molar-refractivity contribution is -0.231. The maximum atomic E-state index is 12.1. The number of aliphatic hydroxyl groups excluding tert-OH is 9. The summed E-state index contributed by atoms with van der Waals surface area (Å²) in [6, 6.07) is 0. The molecule has 1 heterocycles. The Morgan fingerprint density at radius 1 is 0.913 bits per heavy atom. The monoisotopic (exact) mass is 342 g/mol. The molecule has 136 valence electrons. The minimum absolute atomic E-state index is 0.792. The Labute approximate surface area is 130 Å². The van der Waals surface area contributed by atoms with Crippen LogP contribution in [0, 0.1) is 0 Å². The fourth-order valence-electron chi connectivity index (χ4n) is 2.20. The van der Waals surface area contributed by atoms with Gasteiger partial charge in [0.1, 0.15) is 54.9 Å². The van der Waals surface area contributed by atoms with Gasteiger partial charge in [0.15, 0.2) is 5.78 Å². The number of carbonyl (C=O) groups excluding carboxylic acids is 1. The van der Waals surface area contributed by atoms with Crippen LogP contribution in [-0.4, -0.2) is 120 Å². The first-order valence-electron chi connectivity index (χ1n) is 6.84.